The number of hydroxylamine groups is 2. The minimum atomic E-state index is -1.97. The predicted octanol–water partition coefficient (Wildman–Crippen LogP) is 2.11. The maximum absolute atomic E-state index is 9.11. The molecule has 94 valence electrons. The monoisotopic (exact) mass is 267 g/mol. The number of hydrogen-bond donors (Lipinski definition) is 2. The number of hydrogen-bond acceptors (Lipinski definition) is 5. The third-order valence-corrected chi connectivity index (χ3v) is 2.65. The van der Waals surface area contributed by atoms with Crippen LogP contribution in [-0.2, 0) is 4.62 Å². The van der Waals surface area contributed by atoms with Crippen LogP contribution in [0.2, 0.25) is 0 Å². The van der Waals surface area contributed by atoms with Crippen LogP contribution in [0.4, 0.5) is 0 Å². The fraction of sp³-hybridized carbons (Fsp3) is 0.889. The van der Waals surface area contributed by atoms with Gasteiger partial charge in [0, 0.05) is 11.6 Å². The third-order valence-electron chi connectivity index (χ3n) is 2.06. The third kappa shape index (κ3) is 5.40. The van der Waals surface area contributed by atoms with Crippen molar-refractivity contribution in [2.75, 3.05) is 0 Å². The van der Waals surface area contributed by atoms with Crippen molar-refractivity contribution in [3.8, 4) is 6.07 Å². The number of nitrogens with zero attached hydrogens (tertiary/aromatic N) is 2. The van der Waals surface area contributed by atoms with E-state index in [2.05, 4.69) is 0 Å². The molecule has 0 heterocycles. The predicted molar refractivity (Wildman–Crippen MR) is 65.3 cm³/mol. The summed E-state index contributed by atoms with van der Waals surface area (Å²) in [6, 6.07) is 1.99. The molecule has 2 atom stereocenters. The summed E-state index contributed by atoms with van der Waals surface area (Å²) >= 11 is 5.80. The Balaban J connectivity index is 4.69. The molecule has 2 unspecified atom stereocenters. The molecule has 5 nitrogen and oxygen atoms in total. The van der Waals surface area contributed by atoms with Crippen molar-refractivity contribution in [1.82, 2.24) is 5.06 Å². The van der Waals surface area contributed by atoms with Crippen LogP contribution < -0.4 is 5.50 Å². The highest BCUT2D eigenvalue weighted by Crippen LogP contribution is 2.32. The number of nitrogens with two attached hydrogens (primary N) is 1. The highest BCUT2D eigenvalue weighted by molar-refractivity contribution is 7.43. The van der Waals surface area contributed by atoms with Crippen LogP contribution in [0.3, 0.4) is 0 Å². The van der Waals surface area contributed by atoms with Gasteiger partial charge in [-0.2, -0.15) is 10.3 Å². The molecule has 0 radical (unpaired) electrons. The smallest absolute Gasteiger partial charge is 0.268 e. The zero-order valence-corrected chi connectivity index (χ0v) is 11.7. The average molecular weight is 268 g/mol. The lowest BCUT2D eigenvalue weighted by atomic mass is 9.97. The summed E-state index contributed by atoms with van der Waals surface area (Å²) in [4.78, 5) is 9.11. The minimum absolute atomic E-state index is 0.0262. The molecule has 0 spiro atoms. The van der Waals surface area contributed by atoms with Crippen LogP contribution in [0.25, 0.3) is 0 Å². The fourth-order valence-electron chi connectivity index (χ4n) is 1.57. The van der Waals surface area contributed by atoms with E-state index in [0.717, 1.165) is 0 Å². The Morgan fingerprint density at radius 1 is 1.62 bits per heavy atom. The molecule has 0 aromatic carbocycles. The number of alkyl halides is 1. The molecule has 0 aliphatic heterocycles. The van der Waals surface area contributed by atoms with Crippen molar-refractivity contribution in [1.29, 1.82) is 5.26 Å². The number of nitriles is 1. The summed E-state index contributed by atoms with van der Waals surface area (Å²) in [5.74, 6) is 0. The van der Waals surface area contributed by atoms with E-state index in [9.17, 15) is 0 Å². The second-order valence-electron chi connectivity index (χ2n) is 4.42. The fourth-order valence-corrected chi connectivity index (χ4v) is 2.54. The van der Waals surface area contributed by atoms with Crippen LogP contribution in [0.1, 0.15) is 34.1 Å². The largest absolute Gasteiger partial charge is 0.337 e. The Hall–Kier alpha value is 0.0500. The zero-order valence-electron chi connectivity index (χ0n) is 10.0. The molecule has 0 amide bonds. The lowest BCUT2D eigenvalue weighted by Gasteiger charge is -2.40. The van der Waals surface area contributed by atoms with E-state index in [0.29, 0.717) is 6.42 Å². The van der Waals surface area contributed by atoms with E-state index in [1.807, 2.05) is 33.8 Å². The molecule has 0 saturated heterocycles. The van der Waals surface area contributed by atoms with Gasteiger partial charge >= 0.3 is 0 Å². The van der Waals surface area contributed by atoms with Gasteiger partial charge in [-0.3, -0.25) is 5.50 Å². The lowest BCUT2D eigenvalue weighted by Crippen LogP contribution is -2.48. The standard InChI is InChI=1S/C9H19ClN3O2P/c1-7(2)13(15-16(12)14)9(3,4)5-8(10)6-11/h7-8,14H,5,12H2,1-4H3. The van der Waals surface area contributed by atoms with Crippen LogP contribution in [0, 0.1) is 11.3 Å². The molecule has 0 saturated carbocycles. The van der Waals surface area contributed by atoms with Crippen molar-refractivity contribution < 1.29 is 9.52 Å². The molecule has 0 aromatic heterocycles. The highest BCUT2D eigenvalue weighted by atomic mass is 35.5. The first-order valence-electron chi connectivity index (χ1n) is 4.95. The Kier molecular flexibility index (Phi) is 6.73. The van der Waals surface area contributed by atoms with Gasteiger partial charge in [0.15, 0.2) is 0 Å². The molecule has 0 bridgehead atoms. The summed E-state index contributed by atoms with van der Waals surface area (Å²) in [7, 11) is -1.97. The average Bonchev–Trinajstić information content (AvgIpc) is 2.12. The second kappa shape index (κ2) is 6.70. The molecule has 0 rings (SSSR count). The van der Waals surface area contributed by atoms with Crippen LogP contribution in [0.5, 0.6) is 0 Å². The Labute approximate surface area is 103 Å². The summed E-state index contributed by atoms with van der Waals surface area (Å²) in [5.41, 5.74) is 4.78. The van der Waals surface area contributed by atoms with E-state index in [1.165, 1.54) is 0 Å². The van der Waals surface area contributed by atoms with Gasteiger partial charge in [0.25, 0.3) is 8.53 Å². The highest BCUT2D eigenvalue weighted by Gasteiger charge is 2.33. The summed E-state index contributed by atoms with van der Waals surface area (Å²) in [5, 5.41) is 9.68. The topological polar surface area (TPSA) is 82.5 Å². The van der Waals surface area contributed by atoms with E-state index < -0.39 is 19.4 Å². The van der Waals surface area contributed by atoms with Crippen molar-refractivity contribution in [3.05, 3.63) is 0 Å². The van der Waals surface area contributed by atoms with Gasteiger partial charge in [0.05, 0.1) is 6.07 Å². The maximum Gasteiger partial charge on any atom is 0.268 e. The van der Waals surface area contributed by atoms with E-state index in [1.54, 1.807) is 5.06 Å². The normalized spacial score (nSPS) is 16.2. The summed E-state index contributed by atoms with van der Waals surface area (Å²) < 4.78 is 5.19. The van der Waals surface area contributed by atoms with Crippen molar-refractivity contribution in [2.24, 2.45) is 5.50 Å². The van der Waals surface area contributed by atoms with Crippen LogP contribution >= 0.6 is 20.1 Å². The first-order valence-corrected chi connectivity index (χ1v) is 6.67. The molecular formula is C9H19ClN3O2P. The molecule has 7 heteroatoms. The van der Waals surface area contributed by atoms with Gasteiger partial charge < -0.3 is 4.89 Å². The van der Waals surface area contributed by atoms with E-state index in [-0.39, 0.29) is 6.04 Å². The van der Waals surface area contributed by atoms with Gasteiger partial charge in [-0.25, -0.2) is 4.62 Å². The van der Waals surface area contributed by atoms with Gasteiger partial charge in [-0.05, 0) is 34.1 Å². The van der Waals surface area contributed by atoms with Gasteiger partial charge in [0.1, 0.15) is 5.38 Å². The van der Waals surface area contributed by atoms with E-state index in [4.69, 9.17) is 31.9 Å². The van der Waals surface area contributed by atoms with E-state index >= 15 is 0 Å². The van der Waals surface area contributed by atoms with Crippen LogP contribution in [0.15, 0.2) is 0 Å². The Bertz CT molecular complexity index is 256. The maximum atomic E-state index is 9.11. The SMILES string of the molecule is CC(C)N(OP(N)O)C(C)(C)CC(Cl)C#N. The van der Waals surface area contributed by atoms with Gasteiger partial charge in [-0.15, -0.1) is 11.6 Å². The summed E-state index contributed by atoms with van der Waals surface area (Å²) in [6.07, 6.45) is 0.423. The Morgan fingerprint density at radius 3 is 2.44 bits per heavy atom. The van der Waals surface area contributed by atoms with Gasteiger partial charge in [0.2, 0.25) is 0 Å². The zero-order chi connectivity index (χ0) is 12.9. The molecule has 0 aliphatic rings. The lowest BCUT2D eigenvalue weighted by molar-refractivity contribution is -0.157. The van der Waals surface area contributed by atoms with Crippen molar-refractivity contribution >= 4 is 20.1 Å². The summed E-state index contributed by atoms with van der Waals surface area (Å²) in [6.45, 7) is 7.60. The quantitative estimate of drug-likeness (QED) is 0.437. The Morgan fingerprint density at radius 2 is 2.12 bits per heavy atom. The molecular weight excluding hydrogens is 249 g/mol. The molecule has 0 fully saturated rings. The van der Waals surface area contributed by atoms with Crippen molar-refractivity contribution in [2.45, 2.75) is 51.1 Å². The second-order valence-corrected chi connectivity index (χ2v) is 5.71. The molecule has 0 aromatic rings. The molecule has 3 N–H and O–H groups in total. The first kappa shape index (κ1) is 16.1. The number of halogens is 1. The first-order chi connectivity index (χ1) is 7.20. The van der Waals surface area contributed by atoms with Gasteiger partial charge in [-0.1, -0.05) is 0 Å². The van der Waals surface area contributed by atoms with Crippen molar-refractivity contribution in [3.63, 3.8) is 0 Å². The molecule has 0 aliphatic carbocycles. The molecule has 16 heavy (non-hydrogen) atoms. The minimum Gasteiger partial charge on any atom is -0.337 e. The van der Waals surface area contributed by atoms with Crippen LogP contribution in [-0.4, -0.2) is 26.9 Å². The number of rotatable bonds is 6.